The van der Waals surface area contributed by atoms with Crippen LogP contribution >= 0.6 is 23.1 Å². The summed E-state index contributed by atoms with van der Waals surface area (Å²) in [6, 6.07) is 23.1. The summed E-state index contributed by atoms with van der Waals surface area (Å²) in [6.45, 7) is 1.85. The number of thiophene rings is 1. The fourth-order valence-corrected chi connectivity index (χ4v) is 5.47. The average molecular weight is 602 g/mol. The summed E-state index contributed by atoms with van der Waals surface area (Å²) < 4.78 is 0. The molecule has 214 valence electrons. The first kappa shape index (κ1) is 30.1. The van der Waals surface area contributed by atoms with Gasteiger partial charge in [-0.3, -0.25) is 14.4 Å². The Morgan fingerprint density at radius 3 is 2.36 bits per heavy atom. The highest BCUT2D eigenvalue weighted by Crippen LogP contribution is 2.29. The molecular weight excluding hydrogens is 574 g/mol. The van der Waals surface area contributed by atoms with Crippen molar-refractivity contribution in [3.05, 3.63) is 112 Å². The minimum absolute atomic E-state index is 0.0739. The Kier molecular flexibility index (Phi) is 10.1. The van der Waals surface area contributed by atoms with E-state index in [0.717, 1.165) is 4.88 Å². The topological polar surface area (TPSA) is 145 Å². The minimum atomic E-state index is -1.31. The maximum atomic E-state index is 13.3. The molecule has 42 heavy (non-hydrogen) atoms. The van der Waals surface area contributed by atoms with E-state index in [1.165, 1.54) is 41.3 Å². The Hall–Kier alpha value is -4.87. The van der Waals surface area contributed by atoms with Crippen LogP contribution in [0.5, 0.6) is 5.75 Å². The van der Waals surface area contributed by atoms with Crippen LogP contribution in [0.3, 0.4) is 0 Å². The number of carboxylic acids is 1. The van der Waals surface area contributed by atoms with Gasteiger partial charge in [-0.25, -0.2) is 4.79 Å². The zero-order valence-electron chi connectivity index (χ0n) is 22.4. The van der Waals surface area contributed by atoms with E-state index < -0.39 is 28.8 Å². The number of aromatic carboxylic acids is 1. The summed E-state index contributed by atoms with van der Waals surface area (Å²) in [6.07, 6.45) is 2.08. The van der Waals surface area contributed by atoms with Crippen LogP contribution in [0.1, 0.15) is 38.9 Å². The lowest BCUT2D eigenvalue weighted by molar-refractivity contribution is -0.116. The highest BCUT2D eigenvalue weighted by molar-refractivity contribution is 8.00. The molecule has 9 nitrogen and oxygen atoms in total. The van der Waals surface area contributed by atoms with Gasteiger partial charge in [-0.05, 0) is 72.5 Å². The standard InChI is InChI=1S/C31H27N3O6S2/c1-2-27(30(38)33-21-13-14-26(35)24(17-21)31(39)40)42-23-11-6-10-20(16-23)32-29(37)25(18-22-12-7-15-41-22)34-28(36)19-8-4-3-5-9-19/h3-18,27,35H,2H2,1H3,(H,32,37)(H,33,38)(H,34,36)(H,39,40)/b25-18-. The van der Waals surface area contributed by atoms with Crippen LogP contribution in [0.4, 0.5) is 11.4 Å². The number of hydrogen-bond donors (Lipinski definition) is 5. The first-order chi connectivity index (χ1) is 20.2. The normalized spacial score (nSPS) is 11.8. The fraction of sp³-hybridized carbons (Fsp3) is 0.0968. The molecule has 0 radical (unpaired) electrons. The molecule has 0 aliphatic rings. The number of carboxylic acid groups (broad SMARTS) is 1. The molecule has 0 saturated carbocycles. The number of amides is 3. The smallest absolute Gasteiger partial charge is 0.339 e. The van der Waals surface area contributed by atoms with Crippen molar-refractivity contribution >= 4 is 64.2 Å². The van der Waals surface area contributed by atoms with Gasteiger partial charge in [0.1, 0.15) is 17.0 Å². The van der Waals surface area contributed by atoms with E-state index in [0.29, 0.717) is 22.6 Å². The lowest BCUT2D eigenvalue weighted by Gasteiger charge is -2.16. The van der Waals surface area contributed by atoms with Crippen molar-refractivity contribution in [3.63, 3.8) is 0 Å². The van der Waals surface area contributed by atoms with Gasteiger partial charge in [-0.15, -0.1) is 23.1 Å². The Bertz CT molecular complexity index is 1620. The summed E-state index contributed by atoms with van der Waals surface area (Å²) in [5.41, 5.74) is 0.888. The summed E-state index contributed by atoms with van der Waals surface area (Å²) in [4.78, 5) is 51.9. The van der Waals surface area contributed by atoms with Gasteiger partial charge in [0.15, 0.2) is 0 Å². The van der Waals surface area contributed by atoms with Gasteiger partial charge in [0, 0.05) is 26.7 Å². The van der Waals surface area contributed by atoms with Crippen LogP contribution in [0.25, 0.3) is 6.08 Å². The molecule has 0 aliphatic carbocycles. The monoisotopic (exact) mass is 601 g/mol. The molecule has 4 rings (SSSR count). The summed E-state index contributed by atoms with van der Waals surface area (Å²) in [5, 5.41) is 28.5. The zero-order valence-corrected chi connectivity index (χ0v) is 24.0. The van der Waals surface area contributed by atoms with E-state index in [9.17, 15) is 29.4 Å². The second-order valence-corrected chi connectivity index (χ2v) is 11.2. The minimum Gasteiger partial charge on any atom is -0.507 e. The number of nitrogens with one attached hydrogen (secondary N) is 3. The SMILES string of the molecule is CCC(Sc1cccc(NC(=O)/C(=C/c2cccs2)NC(=O)c2ccccc2)c1)C(=O)Nc1ccc(O)c(C(=O)O)c1. The molecule has 3 aromatic carbocycles. The van der Waals surface area contributed by atoms with Crippen molar-refractivity contribution < 1.29 is 29.4 Å². The van der Waals surface area contributed by atoms with Crippen molar-refractivity contribution in [2.24, 2.45) is 0 Å². The Morgan fingerprint density at radius 2 is 1.67 bits per heavy atom. The van der Waals surface area contributed by atoms with Crippen LogP contribution in [-0.4, -0.2) is 39.2 Å². The number of thioether (sulfide) groups is 1. The number of rotatable bonds is 11. The molecule has 0 spiro atoms. The molecule has 4 aromatic rings. The molecule has 0 bridgehead atoms. The highest BCUT2D eigenvalue weighted by atomic mass is 32.2. The first-order valence-corrected chi connectivity index (χ1v) is 14.6. The maximum absolute atomic E-state index is 13.3. The third-order valence-corrected chi connectivity index (χ3v) is 8.06. The molecule has 0 saturated heterocycles. The van der Waals surface area contributed by atoms with Gasteiger partial charge in [-0.2, -0.15) is 0 Å². The number of carbonyl (C=O) groups excluding carboxylic acids is 3. The van der Waals surface area contributed by atoms with E-state index in [1.54, 1.807) is 60.7 Å². The lowest BCUT2D eigenvalue weighted by atomic mass is 10.1. The second-order valence-electron chi connectivity index (χ2n) is 8.92. The van der Waals surface area contributed by atoms with Gasteiger partial charge >= 0.3 is 5.97 Å². The molecular formula is C31H27N3O6S2. The third kappa shape index (κ3) is 8.09. The van der Waals surface area contributed by atoms with Gasteiger partial charge in [0.05, 0.1) is 5.25 Å². The fourth-order valence-electron chi connectivity index (χ4n) is 3.80. The number of hydrogen-bond acceptors (Lipinski definition) is 7. The van der Waals surface area contributed by atoms with E-state index in [4.69, 9.17) is 0 Å². The Balaban J connectivity index is 1.46. The molecule has 1 aromatic heterocycles. The zero-order chi connectivity index (χ0) is 30.1. The van der Waals surface area contributed by atoms with E-state index in [1.807, 2.05) is 24.4 Å². The number of anilines is 2. The number of aromatic hydroxyl groups is 1. The van der Waals surface area contributed by atoms with Crippen molar-refractivity contribution in [2.75, 3.05) is 10.6 Å². The van der Waals surface area contributed by atoms with Crippen LogP contribution in [0, 0.1) is 0 Å². The molecule has 1 heterocycles. The molecule has 5 N–H and O–H groups in total. The van der Waals surface area contributed by atoms with Crippen LogP contribution < -0.4 is 16.0 Å². The summed E-state index contributed by atoms with van der Waals surface area (Å²) in [5.74, 6) is -2.98. The largest absolute Gasteiger partial charge is 0.507 e. The van der Waals surface area contributed by atoms with Gasteiger partial charge in [-0.1, -0.05) is 37.3 Å². The second kappa shape index (κ2) is 14.2. The summed E-state index contributed by atoms with van der Waals surface area (Å²) in [7, 11) is 0. The van der Waals surface area contributed by atoms with Crippen LogP contribution in [0.2, 0.25) is 0 Å². The highest BCUT2D eigenvalue weighted by Gasteiger charge is 2.20. The molecule has 11 heteroatoms. The Morgan fingerprint density at radius 1 is 0.905 bits per heavy atom. The van der Waals surface area contributed by atoms with Crippen molar-refractivity contribution in [2.45, 2.75) is 23.5 Å². The van der Waals surface area contributed by atoms with Crippen LogP contribution in [-0.2, 0) is 9.59 Å². The van der Waals surface area contributed by atoms with E-state index >= 15 is 0 Å². The molecule has 0 fully saturated rings. The molecule has 1 unspecified atom stereocenters. The lowest BCUT2D eigenvalue weighted by Crippen LogP contribution is -2.30. The quantitative estimate of drug-likeness (QED) is 0.0797. The van der Waals surface area contributed by atoms with E-state index in [2.05, 4.69) is 16.0 Å². The third-order valence-electron chi connectivity index (χ3n) is 5.89. The Labute approximate surface area is 250 Å². The molecule has 1 atom stereocenters. The number of carbonyl (C=O) groups is 4. The van der Waals surface area contributed by atoms with Gasteiger partial charge in [0.2, 0.25) is 5.91 Å². The van der Waals surface area contributed by atoms with Crippen molar-refractivity contribution in [1.82, 2.24) is 5.32 Å². The number of benzene rings is 3. The average Bonchev–Trinajstić information content (AvgIpc) is 3.50. The summed E-state index contributed by atoms with van der Waals surface area (Å²) >= 11 is 2.70. The first-order valence-electron chi connectivity index (χ1n) is 12.8. The number of phenols is 1. The maximum Gasteiger partial charge on any atom is 0.339 e. The molecule has 0 aliphatic heterocycles. The molecule has 3 amide bonds. The van der Waals surface area contributed by atoms with Crippen molar-refractivity contribution in [3.8, 4) is 5.75 Å². The van der Waals surface area contributed by atoms with Gasteiger partial charge < -0.3 is 26.2 Å². The van der Waals surface area contributed by atoms with E-state index in [-0.39, 0.29) is 22.9 Å². The predicted molar refractivity (Wildman–Crippen MR) is 165 cm³/mol. The predicted octanol–water partition coefficient (Wildman–Crippen LogP) is 6.07. The van der Waals surface area contributed by atoms with Crippen molar-refractivity contribution in [1.29, 1.82) is 0 Å². The van der Waals surface area contributed by atoms with Gasteiger partial charge in [0.25, 0.3) is 11.8 Å². The van der Waals surface area contributed by atoms with Crippen LogP contribution in [0.15, 0.2) is 101 Å².